The van der Waals surface area contributed by atoms with E-state index >= 15 is 0 Å². The maximum atomic E-state index is 13.3. The molecule has 0 heterocycles. The molecule has 0 fully saturated rings. The van der Waals surface area contributed by atoms with Gasteiger partial charge in [-0.3, -0.25) is 0 Å². The Balaban J connectivity index is 1.99. The first-order valence-corrected chi connectivity index (χ1v) is 10.5. The van der Waals surface area contributed by atoms with E-state index in [-0.39, 0.29) is 29.3 Å². The fraction of sp³-hybridized carbons (Fsp3) is 0.136. The van der Waals surface area contributed by atoms with E-state index in [0.29, 0.717) is 16.9 Å². The van der Waals surface area contributed by atoms with E-state index in [0.717, 1.165) is 0 Å². The van der Waals surface area contributed by atoms with E-state index in [1.807, 2.05) is 0 Å². The summed E-state index contributed by atoms with van der Waals surface area (Å²) in [6.45, 7) is 0.0784. The first-order chi connectivity index (χ1) is 14.3. The zero-order valence-corrected chi connectivity index (χ0v) is 17.0. The molecule has 0 saturated heterocycles. The van der Waals surface area contributed by atoms with E-state index in [4.69, 9.17) is 9.84 Å². The zero-order valence-electron chi connectivity index (χ0n) is 16.2. The third kappa shape index (κ3) is 4.79. The van der Waals surface area contributed by atoms with E-state index < -0.39 is 16.0 Å². The lowest BCUT2D eigenvalue weighted by Crippen LogP contribution is -2.30. The molecule has 0 spiro atoms. The standard InChI is InChI=1S/C22H21NO6S/c1-29-21-5-3-2-4-18(21)15-23(14-16-6-8-17(9-7-16)22(25)26)30(27,28)20-12-10-19(24)11-13-20/h2-13,24H,14-15H2,1H3,(H,25,26). The molecule has 156 valence electrons. The number of phenols is 1. The van der Waals surface area contributed by atoms with Crippen LogP contribution in [-0.2, 0) is 23.1 Å². The summed E-state index contributed by atoms with van der Waals surface area (Å²) >= 11 is 0. The quantitative estimate of drug-likeness (QED) is 0.570. The minimum Gasteiger partial charge on any atom is -0.508 e. The molecule has 0 radical (unpaired) electrons. The number of methoxy groups -OCH3 is 1. The molecular formula is C22H21NO6S. The number of hydrogen-bond acceptors (Lipinski definition) is 5. The van der Waals surface area contributed by atoms with Crippen LogP contribution in [0.5, 0.6) is 11.5 Å². The number of carbonyl (C=O) groups is 1. The maximum absolute atomic E-state index is 13.3. The van der Waals surface area contributed by atoms with Gasteiger partial charge in [0, 0.05) is 18.7 Å². The van der Waals surface area contributed by atoms with Crippen molar-refractivity contribution in [2.45, 2.75) is 18.0 Å². The van der Waals surface area contributed by atoms with Gasteiger partial charge >= 0.3 is 5.97 Å². The van der Waals surface area contributed by atoms with Gasteiger partial charge in [-0.2, -0.15) is 4.31 Å². The second-order valence-electron chi connectivity index (χ2n) is 6.58. The normalized spacial score (nSPS) is 11.4. The van der Waals surface area contributed by atoms with Gasteiger partial charge in [-0.1, -0.05) is 30.3 Å². The van der Waals surface area contributed by atoms with Crippen LogP contribution < -0.4 is 4.74 Å². The number of benzene rings is 3. The van der Waals surface area contributed by atoms with Gasteiger partial charge in [0.25, 0.3) is 0 Å². The van der Waals surface area contributed by atoms with E-state index in [2.05, 4.69) is 0 Å². The number of phenolic OH excluding ortho intramolecular Hbond substituents is 1. The molecule has 7 nitrogen and oxygen atoms in total. The van der Waals surface area contributed by atoms with Gasteiger partial charge < -0.3 is 14.9 Å². The molecule has 0 atom stereocenters. The first kappa shape index (κ1) is 21.4. The highest BCUT2D eigenvalue weighted by molar-refractivity contribution is 7.89. The highest BCUT2D eigenvalue weighted by Gasteiger charge is 2.26. The fourth-order valence-electron chi connectivity index (χ4n) is 2.97. The molecule has 0 amide bonds. The summed E-state index contributed by atoms with van der Waals surface area (Å²) in [5.41, 5.74) is 1.44. The van der Waals surface area contributed by atoms with Crippen LogP contribution in [0.2, 0.25) is 0 Å². The summed E-state index contributed by atoms with van der Waals surface area (Å²) in [5.74, 6) is -0.525. The molecule has 3 aromatic carbocycles. The number of carboxylic acid groups (broad SMARTS) is 1. The average molecular weight is 427 g/mol. The van der Waals surface area contributed by atoms with Crippen LogP contribution in [0.4, 0.5) is 0 Å². The summed E-state index contributed by atoms with van der Waals surface area (Å²) in [7, 11) is -2.40. The predicted molar refractivity (Wildman–Crippen MR) is 111 cm³/mol. The monoisotopic (exact) mass is 427 g/mol. The predicted octanol–water partition coefficient (Wildman–Crippen LogP) is 3.49. The third-order valence-electron chi connectivity index (χ3n) is 4.57. The van der Waals surface area contributed by atoms with Crippen molar-refractivity contribution in [3.63, 3.8) is 0 Å². The Bertz CT molecular complexity index is 1130. The van der Waals surface area contributed by atoms with E-state index in [1.54, 1.807) is 36.4 Å². The number of aromatic carboxylic acids is 1. The molecule has 3 aromatic rings. The van der Waals surface area contributed by atoms with Crippen LogP contribution in [0.1, 0.15) is 21.5 Å². The van der Waals surface area contributed by atoms with Crippen molar-refractivity contribution in [2.24, 2.45) is 0 Å². The third-order valence-corrected chi connectivity index (χ3v) is 6.38. The molecular weight excluding hydrogens is 406 g/mol. The topological polar surface area (TPSA) is 104 Å². The Hall–Kier alpha value is -3.36. The number of para-hydroxylation sites is 1. The summed E-state index contributed by atoms with van der Waals surface area (Å²) in [6, 6.07) is 18.5. The van der Waals surface area contributed by atoms with Crippen molar-refractivity contribution in [1.29, 1.82) is 0 Å². The maximum Gasteiger partial charge on any atom is 0.335 e. The molecule has 0 aliphatic carbocycles. The Morgan fingerprint density at radius 3 is 2.17 bits per heavy atom. The van der Waals surface area contributed by atoms with Gasteiger partial charge in [-0.15, -0.1) is 0 Å². The molecule has 30 heavy (non-hydrogen) atoms. The number of carboxylic acids is 1. The molecule has 2 N–H and O–H groups in total. The molecule has 0 aliphatic heterocycles. The molecule has 0 bridgehead atoms. The Kier molecular flexibility index (Phi) is 6.39. The average Bonchev–Trinajstić information content (AvgIpc) is 2.74. The van der Waals surface area contributed by atoms with Crippen LogP contribution >= 0.6 is 0 Å². The van der Waals surface area contributed by atoms with E-state index in [1.165, 1.54) is 47.8 Å². The number of sulfonamides is 1. The number of ether oxygens (including phenoxy) is 1. The lowest BCUT2D eigenvalue weighted by atomic mass is 10.1. The number of rotatable bonds is 8. The van der Waals surface area contributed by atoms with Crippen LogP contribution in [-0.4, -0.2) is 36.0 Å². The van der Waals surface area contributed by atoms with E-state index in [9.17, 15) is 18.3 Å². The molecule has 0 aliphatic rings. The lowest BCUT2D eigenvalue weighted by molar-refractivity contribution is 0.0697. The Morgan fingerprint density at radius 1 is 0.933 bits per heavy atom. The highest BCUT2D eigenvalue weighted by atomic mass is 32.2. The van der Waals surface area contributed by atoms with Crippen LogP contribution in [0.15, 0.2) is 77.7 Å². The smallest absolute Gasteiger partial charge is 0.335 e. The zero-order chi connectivity index (χ0) is 21.7. The summed E-state index contributed by atoms with van der Waals surface area (Å²) < 4.78 is 33.3. The summed E-state index contributed by atoms with van der Waals surface area (Å²) in [5, 5.41) is 18.6. The summed E-state index contributed by atoms with van der Waals surface area (Å²) in [4.78, 5) is 11.1. The van der Waals surface area contributed by atoms with Gasteiger partial charge in [0.1, 0.15) is 11.5 Å². The number of nitrogens with zero attached hydrogens (tertiary/aromatic N) is 1. The van der Waals surface area contributed by atoms with Crippen LogP contribution in [0.3, 0.4) is 0 Å². The minimum atomic E-state index is -3.92. The summed E-state index contributed by atoms with van der Waals surface area (Å²) in [6.07, 6.45) is 0. The lowest BCUT2D eigenvalue weighted by Gasteiger charge is -2.23. The SMILES string of the molecule is COc1ccccc1CN(Cc1ccc(C(=O)O)cc1)S(=O)(=O)c1ccc(O)cc1. The minimum absolute atomic E-state index is 0.0289. The highest BCUT2D eigenvalue weighted by Crippen LogP contribution is 2.26. The van der Waals surface area contributed by atoms with Crippen molar-refractivity contribution >= 4 is 16.0 Å². The second kappa shape index (κ2) is 8.98. The van der Waals surface area contributed by atoms with Crippen molar-refractivity contribution in [2.75, 3.05) is 7.11 Å². The van der Waals surface area contributed by atoms with Crippen LogP contribution in [0.25, 0.3) is 0 Å². The largest absolute Gasteiger partial charge is 0.508 e. The Morgan fingerprint density at radius 2 is 1.57 bits per heavy atom. The fourth-order valence-corrected chi connectivity index (χ4v) is 4.38. The molecule has 8 heteroatoms. The van der Waals surface area contributed by atoms with Crippen LogP contribution in [0, 0.1) is 0 Å². The van der Waals surface area contributed by atoms with Gasteiger partial charge in [-0.05, 0) is 48.0 Å². The van der Waals surface area contributed by atoms with Gasteiger partial charge in [-0.25, -0.2) is 13.2 Å². The number of aromatic hydroxyl groups is 1. The van der Waals surface area contributed by atoms with Gasteiger partial charge in [0.15, 0.2) is 0 Å². The Labute approximate surface area is 174 Å². The number of hydrogen-bond donors (Lipinski definition) is 2. The van der Waals surface area contributed by atoms with Gasteiger partial charge in [0.05, 0.1) is 17.6 Å². The first-order valence-electron chi connectivity index (χ1n) is 9.04. The van der Waals surface area contributed by atoms with Gasteiger partial charge in [0.2, 0.25) is 10.0 Å². The molecule has 0 unspecified atom stereocenters. The van der Waals surface area contributed by atoms with Crippen molar-refractivity contribution in [3.05, 3.63) is 89.5 Å². The second-order valence-corrected chi connectivity index (χ2v) is 8.52. The molecule has 0 aromatic heterocycles. The molecule has 0 saturated carbocycles. The molecule has 3 rings (SSSR count). The van der Waals surface area contributed by atoms with Crippen molar-refractivity contribution in [3.8, 4) is 11.5 Å². The van der Waals surface area contributed by atoms with Crippen molar-refractivity contribution in [1.82, 2.24) is 4.31 Å². The van der Waals surface area contributed by atoms with Crippen molar-refractivity contribution < 1.29 is 28.2 Å².